The summed E-state index contributed by atoms with van der Waals surface area (Å²) in [5.74, 6) is 1.23. The maximum Gasteiger partial charge on any atom is 0.407 e. The number of carbonyl (C=O) groups is 4. The van der Waals surface area contributed by atoms with Crippen LogP contribution in [-0.2, 0) is 19.1 Å². The summed E-state index contributed by atoms with van der Waals surface area (Å²) in [6.07, 6.45) is 1.14. The van der Waals surface area contributed by atoms with E-state index in [0.717, 1.165) is 75.2 Å². The number of nitrogens with zero attached hydrogens (tertiary/aromatic N) is 4. The van der Waals surface area contributed by atoms with Crippen LogP contribution >= 0.6 is 0 Å². The van der Waals surface area contributed by atoms with Crippen molar-refractivity contribution in [2.24, 2.45) is 17.8 Å². The zero-order valence-corrected chi connectivity index (χ0v) is 33.6. The number of hydrogen-bond acceptors (Lipinski definition) is 8. The predicted octanol–water partition coefficient (Wildman–Crippen LogP) is 7.11. The second kappa shape index (κ2) is 16.3. The average molecular weight is 777 g/mol. The number of rotatable bonds is 10. The summed E-state index contributed by atoms with van der Waals surface area (Å²) in [5, 5.41) is 5.43. The van der Waals surface area contributed by atoms with Gasteiger partial charge in [0.15, 0.2) is 0 Å². The lowest BCUT2D eigenvalue weighted by molar-refractivity contribution is -0.136. The first-order valence-corrected chi connectivity index (χ1v) is 19.7. The molecule has 3 aromatic carbocycles. The molecule has 57 heavy (non-hydrogen) atoms. The van der Waals surface area contributed by atoms with E-state index in [4.69, 9.17) is 19.4 Å². The average Bonchev–Trinajstić information content (AvgIpc) is 4.02. The number of alkyl carbamates (subject to hydrolysis) is 2. The number of imidazole rings is 2. The molecule has 2 aromatic heterocycles. The Morgan fingerprint density at radius 2 is 1.14 bits per heavy atom. The van der Waals surface area contributed by atoms with Crippen molar-refractivity contribution in [3.8, 4) is 22.3 Å². The van der Waals surface area contributed by atoms with Crippen LogP contribution in [0, 0.1) is 17.8 Å². The zero-order valence-electron chi connectivity index (χ0n) is 33.6. The molecule has 5 atom stereocenters. The van der Waals surface area contributed by atoms with E-state index in [9.17, 15) is 19.2 Å². The van der Waals surface area contributed by atoms with E-state index in [1.54, 1.807) is 0 Å². The molecule has 0 aliphatic carbocycles. The molecular weight excluding hydrogens is 725 g/mol. The molecule has 2 saturated heterocycles. The SMILES string of the molecule is COC(=O)N[C@H](C(=O)N1CCC[C@H]1c1nc2cc(-c3ccc(-c4ccc5[nH]c([C@@H]6C[C@H](C)CN6C(=O)[C@@H](NC(=O)OC)C(C)C)nc5c4)cc3)ccc2[nH]1)C(C)C. The van der Waals surface area contributed by atoms with Gasteiger partial charge in [-0.15, -0.1) is 0 Å². The standard InChI is InChI=1S/C43H52N8O6/c1-23(2)36(48-42(54)56-6)40(52)50-18-8-9-34(50)38-44-30-16-14-28(20-32(30)46-38)26-10-12-27(13-11-26)29-15-17-31-33(21-29)47-39(45-31)35-19-25(5)22-51(35)41(53)37(24(3)4)49-43(55)57-7/h10-17,20-21,23-25,34-37H,8-9,18-19,22H2,1-7H3,(H,44,46)(H,45,47)(H,48,54)(H,49,55)/t25-,34-,35-,36-,37-/m0/s1. The Balaban J connectivity index is 1.07. The molecule has 0 spiro atoms. The molecule has 7 rings (SSSR count). The molecule has 0 saturated carbocycles. The second-order valence-electron chi connectivity index (χ2n) is 16.0. The topological polar surface area (TPSA) is 175 Å². The summed E-state index contributed by atoms with van der Waals surface area (Å²) >= 11 is 0. The van der Waals surface area contributed by atoms with Gasteiger partial charge in [0.05, 0.1) is 48.4 Å². The van der Waals surface area contributed by atoms with E-state index in [2.05, 4.69) is 76.1 Å². The highest BCUT2D eigenvalue weighted by atomic mass is 16.5. The van der Waals surface area contributed by atoms with E-state index in [1.807, 2.05) is 49.6 Å². The molecule has 14 nitrogen and oxygen atoms in total. The van der Waals surface area contributed by atoms with E-state index >= 15 is 0 Å². The molecule has 14 heteroatoms. The van der Waals surface area contributed by atoms with Gasteiger partial charge in [-0.1, -0.05) is 71.0 Å². The number of benzene rings is 3. The minimum Gasteiger partial charge on any atom is -0.453 e. The zero-order chi connectivity index (χ0) is 40.5. The third-order valence-corrected chi connectivity index (χ3v) is 11.3. The van der Waals surface area contributed by atoms with E-state index in [-0.39, 0.29) is 41.7 Å². The van der Waals surface area contributed by atoms with Crippen molar-refractivity contribution >= 4 is 46.1 Å². The number of nitrogens with one attached hydrogen (secondary N) is 4. The van der Waals surface area contributed by atoms with Crippen molar-refractivity contribution in [3.05, 3.63) is 72.3 Å². The number of likely N-dealkylation sites (tertiary alicyclic amines) is 2. The summed E-state index contributed by atoms with van der Waals surface area (Å²) in [6, 6.07) is 18.8. The molecule has 4 heterocycles. The molecule has 300 valence electrons. The minimum absolute atomic E-state index is 0.109. The number of carbonyl (C=O) groups excluding carboxylic acids is 4. The molecule has 2 aliphatic heterocycles. The Bertz CT molecular complexity index is 2280. The number of amides is 4. The van der Waals surface area contributed by atoms with Gasteiger partial charge in [-0.2, -0.15) is 0 Å². The van der Waals surface area contributed by atoms with Gasteiger partial charge >= 0.3 is 12.2 Å². The highest BCUT2D eigenvalue weighted by Crippen LogP contribution is 2.37. The van der Waals surface area contributed by atoms with Gasteiger partial charge in [0.1, 0.15) is 23.7 Å². The summed E-state index contributed by atoms with van der Waals surface area (Å²) in [7, 11) is 2.59. The Morgan fingerprint density at radius 3 is 1.61 bits per heavy atom. The first-order chi connectivity index (χ1) is 27.3. The molecular formula is C43H52N8O6. The van der Waals surface area contributed by atoms with Gasteiger partial charge in [0.2, 0.25) is 11.8 Å². The highest BCUT2D eigenvalue weighted by molar-refractivity contribution is 5.88. The monoisotopic (exact) mass is 776 g/mol. The van der Waals surface area contributed by atoms with Crippen LogP contribution < -0.4 is 10.6 Å². The fourth-order valence-corrected chi connectivity index (χ4v) is 8.20. The Hall–Kier alpha value is -5.92. The van der Waals surface area contributed by atoms with E-state index in [1.165, 1.54) is 14.2 Å². The fourth-order valence-electron chi connectivity index (χ4n) is 8.20. The molecule has 2 fully saturated rings. The van der Waals surface area contributed by atoms with Crippen molar-refractivity contribution in [3.63, 3.8) is 0 Å². The van der Waals surface area contributed by atoms with Crippen molar-refractivity contribution in [2.45, 2.75) is 78.0 Å². The van der Waals surface area contributed by atoms with Gasteiger partial charge in [-0.05, 0) is 83.5 Å². The third kappa shape index (κ3) is 8.03. The molecule has 4 amide bonds. The number of fused-ring (bicyclic) bond motifs is 2. The van der Waals surface area contributed by atoms with Crippen molar-refractivity contribution in [1.82, 2.24) is 40.4 Å². The number of H-pyrrole nitrogens is 2. The predicted molar refractivity (Wildman–Crippen MR) is 217 cm³/mol. The molecule has 2 aliphatic rings. The van der Waals surface area contributed by atoms with Gasteiger partial charge < -0.3 is 39.9 Å². The maximum atomic E-state index is 13.8. The summed E-state index contributed by atoms with van der Waals surface area (Å²) < 4.78 is 9.56. The Kier molecular flexibility index (Phi) is 11.2. The number of methoxy groups -OCH3 is 2. The first-order valence-electron chi connectivity index (χ1n) is 19.7. The van der Waals surface area contributed by atoms with Crippen LogP contribution in [0.25, 0.3) is 44.3 Å². The number of hydrogen-bond donors (Lipinski definition) is 4. The van der Waals surface area contributed by atoms with Gasteiger partial charge in [0, 0.05) is 13.1 Å². The van der Waals surface area contributed by atoms with Crippen molar-refractivity contribution < 1.29 is 28.7 Å². The van der Waals surface area contributed by atoms with Crippen LogP contribution in [0.4, 0.5) is 9.59 Å². The quantitative estimate of drug-likeness (QED) is 0.116. The van der Waals surface area contributed by atoms with Gasteiger partial charge in [-0.25, -0.2) is 19.6 Å². The Morgan fingerprint density at radius 1 is 0.684 bits per heavy atom. The third-order valence-electron chi connectivity index (χ3n) is 11.3. The lowest BCUT2D eigenvalue weighted by Crippen LogP contribution is -2.51. The summed E-state index contributed by atoms with van der Waals surface area (Å²) in [4.78, 5) is 71.9. The fraction of sp³-hybridized carbons (Fsp3) is 0.442. The largest absolute Gasteiger partial charge is 0.453 e. The second-order valence-corrected chi connectivity index (χ2v) is 16.0. The van der Waals surface area contributed by atoms with Gasteiger partial charge in [0.25, 0.3) is 0 Å². The van der Waals surface area contributed by atoms with Crippen LogP contribution in [0.1, 0.15) is 77.6 Å². The summed E-state index contributed by atoms with van der Waals surface area (Å²) in [6.45, 7) is 10.9. The van der Waals surface area contributed by atoms with Crippen LogP contribution in [0.5, 0.6) is 0 Å². The molecule has 5 aromatic rings. The highest BCUT2D eigenvalue weighted by Gasteiger charge is 2.41. The van der Waals surface area contributed by atoms with Crippen LogP contribution in [-0.4, -0.2) is 93.1 Å². The normalized spacial score (nSPS) is 19.4. The number of aromatic nitrogens is 4. The lowest BCUT2D eigenvalue weighted by Gasteiger charge is -2.30. The van der Waals surface area contributed by atoms with Crippen LogP contribution in [0.2, 0.25) is 0 Å². The lowest BCUT2D eigenvalue weighted by atomic mass is 10.00. The van der Waals surface area contributed by atoms with Crippen molar-refractivity contribution in [1.29, 1.82) is 0 Å². The molecule has 0 unspecified atom stereocenters. The van der Waals surface area contributed by atoms with Crippen LogP contribution in [0.15, 0.2) is 60.7 Å². The van der Waals surface area contributed by atoms with E-state index < -0.39 is 24.3 Å². The Labute approximate surface area is 332 Å². The molecule has 0 bridgehead atoms. The van der Waals surface area contributed by atoms with Crippen LogP contribution in [0.3, 0.4) is 0 Å². The van der Waals surface area contributed by atoms with Crippen molar-refractivity contribution in [2.75, 3.05) is 27.3 Å². The molecule has 4 N–H and O–H groups in total. The smallest absolute Gasteiger partial charge is 0.407 e. The summed E-state index contributed by atoms with van der Waals surface area (Å²) in [5.41, 5.74) is 7.53. The maximum absolute atomic E-state index is 13.8. The number of aromatic amines is 2. The van der Waals surface area contributed by atoms with Gasteiger partial charge in [-0.3, -0.25) is 9.59 Å². The number of ether oxygens (including phenoxy) is 2. The minimum atomic E-state index is -0.704. The molecule has 0 radical (unpaired) electrons. The first kappa shape index (κ1) is 39.3. The van der Waals surface area contributed by atoms with E-state index in [0.29, 0.717) is 13.1 Å².